The van der Waals surface area contributed by atoms with E-state index in [1.54, 1.807) is 7.05 Å². The molecular weight excluding hydrogens is 274 g/mol. The highest BCUT2D eigenvalue weighted by atomic mass is 35.5. The van der Waals surface area contributed by atoms with Gasteiger partial charge < -0.3 is 4.42 Å². The lowest BCUT2D eigenvalue weighted by Gasteiger charge is -2.21. The Morgan fingerprint density at radius 2 is 2.10 bits per heavy atom. The Labute approximate surface area is 124 Å². The van der Waals surface area contributed by atoms with Crippen molar-refractivity contribution in [2.45, 2.75) is 44.9 Å². The Balaban J connectivity index is 2.29. The maximum Gasteiger partial charge on any atom is 0.419 e. The first-order valence-corrected chi connectivity index (χ1v) is 7.75. The zero-order valence-electron chi connectivity index (χ0n) is 12.4. The fourth-order valence-corrected chi connectivity index (χ4v) is 3.06. The second-order valence-electron chi connectivity index (χ2n) is 5.37. The zero-order valence-corrected chi connectivity index (χ0v) is 13.1. The first-order valence-electron chi connectivity index (χ1n) is 7.32. The summed E-state index contributed by atoms with van der Waals surface area (Å²) in [4.78, 5) is 11.5. The van der Waals surface area contributed by atoms with Gasteiger partial charge in [0.25, 0.3) is 0 Å². The van der Waals surface area contributed by atoms with E-state index in [0.717, 1.165) is 23.9 Å². The van der Waals surface area contributed by atoms with E-state index in [0.29, 0.717) is 11.5 Å². The van der Waals surface area contributed by atoms with Gasteiger partial charge in [0.1, 0.15) is 0 Å². The van der Waals surface area contributed by atoms with Crippen LogP contribution in [0.2, 0.25) is 0 Å². The van der Waals surface area contributed by atoms with E-state index in [-0.39, 0.29) is 11.1 Å². The molecule has 0 spiro atoms. The molecule has 1 heterocycles. The second kappa shape index (κ2) is 6.49. The average molecular weight is 296 g/mol. The molecule has 0 aliphatic heterocycles. The summed E-state index contributed by atoms with van der Waals surface area (Å²) in [5.74, 6) is 0.130. The molecule has 110 valence electrons. The topological polar surface area (TPSA) is 35.1 Å². The molecule has 0 amide bonds. The number of hydrogen-bond acceptors (Lipinski definition) is 2. The van der Waals surface area contributed by atoms with Crippen LogP contribution in [0, 0.1) is 5.92 Å². The highest BCUT2D eigenvalue weighted by Gasteiger charge is 2.20. The third-order valence-electron chi connectivity index (χ3n) is 4.00. The number of aromatic nitrogens is 1. The maximum absolute atomic E-state index is 11.5. The minimum Gasteiger partial charge on any atom is -0.408 e. The molecule has 1 aromatic heterocycles. The van der Waals surface area contributed by atoms with Gasteiger partial charge in [-0.25, -0.2) is 4.79 Å². The van der Waals surface area contributed by atoms with Crippen LogP contribution in [0.15, 0.2) is 27.4 Å². The van der Waals surface area contributed by atoms with Gasteiger partial charge in [0.15, 0.2) is 5.58 Å². The molecular formula is C16H22ClNO2. The number of rotatable bonds is 6. The maximum atomic E-state index is 11.5. The summed E-state index contributed by atoms with van der Waals surface area (Å²) in [6, 6.07) is 5.82. The zero-order chi connectivity index (χ0) is 14.7. The number of benzene rings is 1. The molecule has 0 N–H and O–H groups in total. The van der Waals surface area contributed by atoms with Gasteiger partial charge >= 0.3 is 5.76 Å². The van der Waals surface area contributed by atoms with Gasteiger partial charge in [-0.2, -0.15) is 0 Å². The van der Waals surface area contributed by atoms with Gasteiger partial charge in [0.05, 0.1) is 10.9 Å². The summed E-state index contributed by atoms with van der Waals surface area (Å²) in [5, 5.41) is -0.0264. The van der Waals surface area contributed by atoms with E-state index >= 15 is 0 Å². The van der Waals surface area contributed by atoms with Gasteiger partial charge in [-0.15, -0.1) is 11.6 Å². The van der Waals surface area contributed by atoms with Crippen LogP contribution in [0.5, 0.6) is 0 Å². The van der Waals surface area contributed by atoms with E-state index in [2.05, 4.69) is 13.8 Å². The molecule has 0 saturated carbocycles. The molecule has 2 aromatic rings. The molecule has 4 heteroatoms. The number of aryl methyl sites for hydroxylation is 1. The van der Waals surface area contributed by atoms with Crippen molar-refractivity contribution in [1.29, 1.82) is 0 Å². The largest absolute Gasteiger partial charge is 0.419 e. The summed E-state index contributed by atoms with van der Waals surface area (Å²) in [5.41, 5.74) is 2.46. The molecule has 0 aliphatic carbocycles. The minimum atomic E-state index is -0.332. The predicted octanol–water partition coefficient (Wildman–Crippen LogP) is 4.63. The van der Waals surface area contributed by atoms with Crippen molar-refractivity contribution in [3.05, 3.63) is 34.3 Å². The van der Waals surface area contributed by atoms with Crippen LogP contribution in [-0.2, 0) is 7.05 Å². The lowest BCUT2D eigenvalue weighted by molar-refractivity contribution is 0.437. The molecule has 1 aromatic carbocycles. The van der Waals surface area contributed by atoms with Crippen molar-refractivity contribution >= 4 is 22.7 Å². The summed E-state index contributed by atoms with van der Waals surface area (Å²) < 4.78 is 6.74. The van der Waals surface area contributed by atoms with Crippen molar-refractivity contribution < 1.29 is 4.42 Å². The fourth-order valence-electron chi connectivity index (χ4n) is 2.62. The van der Waals surface area contributed by atoms with Crippen LogP contribution >= 0.6 is 11.6 Å². The SMILES string of the molecule is CCCCC(CC)C(Cl)c1ccc2c(c1)oc(=O)n2C. The van der Waals surface area contributed by atoms with Crippen molar-refractivity contribution in [3.63, 3.8) is 0 Å². The van der Waals surface area contributed by atoms with Gasteiger partial charge in [0.2, 0.25) is 0 Å². The Morgan fingerprint density at radius 3 is 2.75 bits per heavy atom. The normalized spacial score (nSPS) is 14.6. The monoisotopic (exact) mass is 295 g/mol. The molecule has 3 nitrogen and oxygen atoms in total. The molecule has 2 unspecified atom stereocenters. The number of unbranched alkanes of at least 4 members (excludes halogenated alkanes) is 1. The van der Waals surface area contributed by atoms with E-state index in [4.69, 9.17) is 16.0 Å². The first kappa shape index (κ1) is 15.2. The lowest BCUT2D eigenvalue weighted by Crippen LogP contribution is -2.08. The first-order chi connectivity index (χ1) is 9.58. The Morgan fingerprint density at radius 1 is 1.35 bits per heavy atom. The molecule has 20 heavy (non-hydrogen) atoms. The molecule has 0 radical (unpaired) electrons. The lowest BCUT2D eigenvalue weighted by atomic mass is 9.91. The predicted molar refractivity (Wildman–Crippen MR) is 83.4 cm³/mol. The fraction of sp³-hybridized carbons (Fsp3) is 0.562. The molecule has 2 rings (SSSR count). The van der Waals surface area contributed by atoms with Crippen molar-refractivity contribution in [1.82, 2.24) is 4.57 Å². The number of halogens is 1. The third-order valence-corrected chi connectivity index (χ3v) is 4.61. The van der Waals surface area contributed by atoms with E-state index in [1.165, 1.54) is 17.4 Å². The highest BCUT2D eigenvalue weighted by Crippen LogP contribution is 2.35. The summed E-state index contributed by atoms with van der Waals surface area (Å²) in [7, 11) is 1.71. The molecule has 0 saturated heterocycles. The quantitative estimate of drug-likeness (QED) is 0.728. The Hall–Kier alpha value is -1.22. The number of hydrogen-bond donors (Lipinski definition) is 0. The number of fused-ring (bicyclic) bond motifs is 1. The minimum absolute atomic E-state index is 0.0264. The van der Waals surface area contributed by atoms with Crippen LogP contribution in [0.25, 0.3) is 11.1 Å². The van der Waals surface area contributed by atoms with E-state index < -0.39 is 0 Å². The van der Waals surface area contributed by atoms with Gasteiger partial charge in [-0.1, -0.05) is 39.2 Å². The third kappa shape index (κ3) is 2.93. The van der Waals surface area contributed by atoms with Crippen LogP contribution in [0.1, 0.15) is 50.5 Å². The van der Waals surface area contributed by atoms with Crippen molar-refractivity contribution in [2.75, 3.05) is 0 Å². The average Bonchev–Trinajstić information content (AvgIpc) is 2.74. The molecule has 0 bridgehead atoms. The molecule has 0 aliphatic rings. The van der Waals surface area contributed by atoms with Crippen LogP contribution in [0.3, 0.4) is 0 Å². The summed E-state index contributed by atoms with van der Waals surface area (Å²) in [6.45, 7) is 4.37. The molecule has 0 fully saturated rings. The number of nitrogens with zero attached hydrogens (tertiary/aromatic N) is 1. The van der Waals surface area contributed by atoms with Crippen molar-refractivity contribution in [2.24, 2.45) is 13.0 Å². The van der Waals surface area contributed by atoms with Crippen LogP contribution in [0.4, 0.5) is 0 Å². The highest BCUT2D eigenvalue weighted by molar-refractivity contribution is 6.21. The van der Waals surface area contributed by atoms with E-state index in [9.17, 15) is 4.79 Å². The number of oxazole rings is 1. The van der Waals surface area contributed by atoms with Gasteiger partial charge in [0, 0.05) is 7.05 Å². The Bertz CT molecular complexity index is 629. The van der Waals surface area contributed by atoms with E-state index in [1.807, 2.05) is 18.2 Å². The standard InChI is InChI=1S/C16H22ClNO2/c1-4-6-7-11(5-2)15(17)12-8-9-13-14(10-12)20-16(19)18(13)3/h8-11,15H,4-7H2,1-3H3. The van der Waals surface area contributed by atoms with Gasteiger partial charge in [-0.3, -0.25) is 4.57 Å². The van der Waals surface area contributed by atoms with Crippen molar-refractivity contribution in [3.8, 4) is 0 Å². The van der Waals surface area contributed by atoms with Crippen LogP contribution in [-0.4, -0.2) is 4.57 Å². The summed E-state index contributed by atoms with van der Waals surface area (Å²) >= 11 is 6.63. The number of alkyl halides is 1. The Kier molecular flexibility index (Phi) is 4.92. The second-order valence-corrected chi connectivity index (χ2v) is 5.84. The molecule has 2 atom stereocenters. The van der Waals surface area contributed by atoms with Gasteiger partial charge in [-0.05, 0) is 30.0 Å². The smallest absolute Gasteiger partial charge is 0.408 e. The summed E-state index contributed by atoms with van der Waals surface area (Å²) in [6.07, 6.45) is 4.58. The van der Waals surface area contributed by atoms with Crippen LogP contribution < -0.4 is 5.76 Å².